The fraction of sp³-hybridized carbons (Fsp3) is 0.222. The van der Waals surface area contributed by atoms with Crippen molar-refractivity contribution in [3.63, 3.8) is 0 Å². The van der Waals surface area contributed by atoms with Crippen LogP contribution in [0.5, 0.6) is 17.2 Å². The molecule has 2 aromatic heterocycles. The molecule has 130 valence electrons. The molecule has 7 heteroatoms. The van der Waals surface area contributed by atoms with Gasteiger partial charge in [-0.2, -0.15) is 0 Å². The van der Waals surface area contributed by atoms with E-state index in [-0.39, 0.29) is 0 Å². The largest absolute Gasteiger partial charge is 0.493 e. The van der Waals surface area contributed by atoms with E-state index in [4.69, 9.17) is 25.8 Å². The number of hydrogen-bond donors (Lipinski definition) is 0. The van der Waals surface area contributed by atoms with Crippen molar-refractivity contribution in [1.82, 2.24) is 9.97 Å². The Morgan fingerprint density at radius 2 is 2.00 bits per heavy atom. The fourth-order valence-corrected chi connectivity index (χ4v) is 3.19. The summed E-state index contributed by atoms with van der Waals surface area (Å²) in [5.41, 5.74) is 1.80. The second-order valence-corrected chi connectivity index (χ2v) is 6.24. The van der Waals surface area contributed by atoms with Gasteiger partial charge in [-0.1, -0.05) is 11.6 Å². The van der Waals surface area contributed by atoms with Crippen LogP contribution in [0.2, 0.25) is 5.15 Å². The molecule has 0 amide bonds. The van der Waals surface area contributed by atoms with Crippen LogP contribution in [0.3, 0.4) is 0 Å². The van der Waals surface area contributed by atoms with Crippen molar-refractivity contribution in [2.45, 2.75) is 13.5 Å². The van der Waals surface area contributed by atoms with Crippen molar-refractivity contribution < 1.29 is 14.2 Å². The van der Waals surface area contributed by atoms with Gasteiger partial charge in [-0.15, -0.1) is 11.3 Å². The maximum Gasteiger partial charge on any atom is 0.171 e. The zero-order valence-electron chi connectivity index (χ0n) is 13.9. The number of methoxy groups -OCH3 is 1. The van der Waals surface area contributed by atoms with E-state index in [0.29, 0.717) is 29.9 Å². The molecule has 3 aromatic rings. The second-order valence-electron chi connectivity index (χ2n) is 5.02. The number of ether oxygens (including phenoxy) is 3. The van der Waals surface area contributed by atoms with Gasteiger partial charge in [-0.3, -0.25) is 0 Å². The van der Waals surface area contributed by atoms with Crippen LogP contribution >= 0.6 is 22.9 Å². The number of rotatable bonds is 7. The minimum Gasteiger partial charge on any atom is -0.493 e. The molecular formula is C18H17ClN2O3S. The predicted octanol–water partition coefficient (Wildman–Crippen LogP) is 4.84. The molecule has 1 aromatic carbocycles. The molecule has 3 rings (SSSR count). The van der Waals surface area contributed by atoms with Crippen LogP contribution < -0.4 is 14.2 Å². The molecule has 0 radical (unpaired) electrons. The molecule has 0 fully saturated rings. The molecule has 0 N–H and O–H groups in total. The summed E-state index contributed by atoms with van der Waals surface area (Å²) in [5, 5.41) is 3.19. The van der Waals surface area contributed by atoms with E-state index in [9.17, 15) is 0 Å². The summed E-state index contributed by atoms with van der Waals surface area (Å²) in [4.78, 5) is 8.59. The van der Waals surface area contributed by atoms with Crippen LogP contribution in [0, 0.1) is 0 Å². The molecular weight excluding hydrogens is 360 g/mol. The van der Waals surface area contributed by atoms with Crippen molar-refractivity contribution in [2.24, 2.45) is 0 Å². The molecule has 0 spiro atoms. The minimum atomic E-state index is 0.329. The van der Waals surface area contributed by atoms with Gasteiger partial charge in [0.1, 0.15) is 11.6 Å². The third kappa shape index (κ3) is 4.21. The van der Waals surface area contributed by atoms with E-state index in [1.807, 2.05) is 30.5 Å². The van der Waals surface area contributed by atoms with Crippen molar-refractivity contribution in [1.29, 1.82) is 0 Å². The van der Waals surface area contributed by atoms with Crippen molar-refractivity contribution in [3.05, 3.63) is 52.8 Å². The van der Waals surface area contributed by atoms with Crippen LogP contribution in [-0.2, 0) is 6.61 Å². The van der Waals surface area contributed by atoms with Crippen molar-refractivity contribution in [2.75, 3.05) is 13.7 Å². The molecule has 0 saturated carbocycles. The molecule has 0 atom stereocenters. The summed E-state index contributed by atoms with van der Waals surface area (Å²) in [6, 6.07) is 9.34. The van der Waals surface area contributed by atoms with Crippen LogP contribution in [0.15, 0.2) is 41.9 Å². The van der Waals surface area contributed by atoms with Gasteiger partial charge in [0.15, 0.2) is 22.4 Å². The molecule has 0 unspecified atom stereocenters. The highest BCUT2D eigenvalue weighted by Crippen LogP contribution is 2.34. The fourth-order valence-electron chi connectivity index (χ4n) is 2.21. The maximum absolute atomic E-state index is 5.99. The number of halogens is 1. The number of aromatic nitrogens is 2. The van der Waals surface area contributed by atoms with Gasteiger partial charge >= 0.3 is 0 Å². The summed E-state index contributed by atoms with van der Waals surface area (Å²) >= 11 is 7.53. The standard InChI is InChI=1S/C18H17ClN2O3S/c1-3-23-14-7-6-12(9-16(14)22-2)18-21-13(11-25-18)10-24-15-5-4-8-20-17(15)19/h4-9,11H,3,10H2,1-2H3. The van der Waals surface area contributed by atoms with Crippen LogP contribution in [-0.4, -0.2) is 23.7 Å². The lowest BCUT2D eigenvalue weighted by Gasteiger charge is -2.10. The average molecular weight is 377 g/mol. The Morgan fingerprint density at radius 1 is 1.12 bits per heavy atom. The van der Waals surface area contributed by atoms with Crippen LogP contribution in [0.1, 0.15) is 12.6 Å². The number of thiazole rings is 1. The van der Waals surface area contributed by atoms with E-state index < -0.39 is 0 Å². The average Bonchev–Trinajstić information content (AvgIpc) is 3.10. The quantitative estimate of drug-likeness (QED) is 0.552. The minimum absolute atomic E-state index is 0.329. The Kier molecular flexibility index (Phi) is 5.73. The van der Waals surface area contributed by atoms with E-state index in [1.165, 1.54) is 0 Å². The topological polar surface area (TPSA) is 53.5 Å². The second kappa shape index (κ2) is 8.18. The highest BCUT2D eigenvalue weighted by molar-refractivity contribution is 7.13. The number of benzene rings is 1. The molecule has 25 heavy (non-hydrogen) atoms. The summed E-state index contributed by atoms with van der Waals surface area (Å²) in [6.07, 6.45) is 1.62. The molecule has 0 aliphatic rings. The van der Waals surface area contributed by atoms with E-state index in [0.717, 1.165) is 22.0 Å². The van der Waals surface area contributed by atoms with Gasteiger partial charge < -0.3 is 14.2 Å². The number of pyridine rings is 1. The van der Waals surface area contributed by atoms with E-state index >= 15 is 0 Å². The molecule has 2 heterocycles. The first-order valence-corrected chi connectivity index (χ1v) is 8.96. The summed E-state index contributed by atoms with van der Waals surface area (Å²) in [6.45, 7) is 2.86. The zero-order valence-corrected chi connectivity index (χ0v) is 15.4. The van der Waals surface area contributed by atoms with Gasteiger partial charge in [0.05, 0.1) is 19.4 Å². The SMILES string of the molecule is CCOc1ccc(-c2nc(COc3cccnc3Cl)cs2)cc1OC. The van der Waals surface area contributed by atoms with Gasteiger partial charge in [-0.25, -0.2) is 9.97 Å². The summed E-state index contributed by atoms with van der Waals surface area (Å²) in [7, 11) is 1.63. The summed E-state index contributed by atoms with van der Waals surface area (Å²) in [5.74, 6) is 1.95. The Labute approximate surface area is 155 Å². The third-order valence-electron chi connectivity index (χ3n) is 3.36. The Hall–Kier alpha value is -2.31. The smallest absolute Gasteiger partial charge is 0.171 e. The monoisotopic (exact) mass is 376 g/mol. The van der Waals surface area contributed by atoms with Crippen molar-refractivity contribution in [3.8, 4) is 27.8 Å². The Bertz CT molecular complexity index is 854. The molecule has 0 aliphatic heterocycles. The third-order valence-corrected chi connectivity index (χ3v) is 4.59. The maximum atomic E-state index is 5.99. The molecule has 0 aliphatic carbocycles. The van der Waals surface area contributed by atoms with E-state index in [1.54, 1.807) is 36.8 Å². The predicted molar refractivity (Wildman–Crippen MR) is 98.9 cm³/mol. The lowest BCUT2D eigenvalue weighted by atomic mass is 10.2. The lowest BCUT2D eigenvalue weighted by Crippen LogP contribution is -1.97. The first kappa shape index (κ1) is 17.5. The highest BCUT2D eigenvalue weighted by Gasteiger charge is 2.11. The van der Waals surface area contributed by atoms with Crippen LogP contribution in [0.25, 0.3) is 10.6 Å². The summed E-state index contributed by atoms with van der Waals surface area (Å²) < 4.78 is 16.6. The van der Waals surface area contributed by atoms with E-state index in [2.05, 4.69) is 9.97 Å². The van der Waals surface area contributed by atoms with Gasteiger partial charge in [0, 0.05) is 17.1 Å². The first-order chi connectivity index (χ1) is 12.2. The Balaban J connectivity index is 1.74. The van der Waals surface area contributed by atoms with Crippen LogP contribution in [0.4, 0.5) is 0 Å². The molecule has 0 bridgehead atoms. The lowest BCUT2D eigenvalue weighted by molar-refractivity contribution is 0.301. The van der Waals surface area contributed by atoms with Gasteiger partial charge in [0.25, 0.3) is 0 Å². The molecule has 5 nitrogen and oxygen atoms in total. The van der Waals surface area contributed by atoms with Gasteiger partial charge in [-0.05, 0) is 37.3 Å². The normalized spacial score (nSPS) is 10.5. The highest BCUT2D eigenvalue weighted by atomic mass is 35.5. The van der Waals surface area contributed by atoms with Crippen molar-refractivity contribution >= 4 is 22.9 Å². The number of nitrogens with zero attached hydrogens (tertiary/aromatic N) is 2. The Morgan fingerprint density at radius 3 is 2.76 bits per heavy atom. The molecule has 0 saturated heterocycles. The first-order valence-electron chi connectivity index (χ1n) is 7.70. The zero-order chi connectivity index (χ0) is 17.6. The van der Waals surface area contributed by atoms with Gasteiger partial charge in [0.2, 0.25) is 0 Å². The number of hydrogen-bond acceptors (Lipinski definition) is 6.